The minimum atomic E-state index is -0.919. The lowest BCUT2D eigenvalue weighted by Crippen LogP contribution is -2.33. The monoisotopic (exact) mass is 369 g/mol. The number of hydrogen-bond donors (Lipinski definition) is 1. The molecule has 1 N–H and O–H groups in total. The van der Waals surface area contributed by atoms with Crippen LogP contribution in [0.25, 0.3) is 0 Å². The van der Waals surface area contributed by atoms with Gasteiger partial charge >= 0.3 is 5.97 Å². The van der Waals surface area contributed by atoms with Crippen molar-refractivity contribution < 1.29 is 19.1 Å². The third-order valence-electron chi connectivity index (χ3n) is 4.65. The average Bonchev–Trinajstić information content (AvgIpc) is 2.69. The molecule has 1 amide bonds. The predicted octanol–water partition coefficient (Wildman–Crippen LogP) is 4.40. The quantitative estimate of drug-likeness (QED) is 0.701. The van der Waals surface area contributed by atoms with Gasteiger partial charge in [-0.2, -0.15) is 0 Å². The van der Waals surface area contributed by atoms with Gasteiger partial charge in [0.15, 0.2) is 6.10 Å². The Kier molecular flexibility index (Phi) is 7.41. The van der Waals surface area contributed by atoms with Crippen LogP contribution in [-0.2, 0) is 14.3 Å². The maximum Gasteiger partial charge on any atom is 0.314 e. The highest BCUT2D eigenvalue weighted by molar-refractivity contribution is 5.96. The van der Waals surface area contributed by atoms with Crippen molar-refractivity contribution in [1.82, 2.24) is 0 Å². The van der Waals surface area contributed by atoms with Crippen LogP contribution in [0.15, 0.2) is 54.6 Å². The molecule has 0 heterocycles. The van der Waals surface area contributed by atoms with Gasteiger partial charge in [0, 0.05) is 0 Å². The first-order valence-corrected chi connectivity index (χ1v) is 9.17. The van der Waals surface area contributed by atoms with Crippen molar-refractivity contribution in [2.45, 2.75) is 39.2 Å². The molecule has 2 rings (SSSR count). The summed E-state index contributed by atoms with van der Waals surface area (Å²) in [6, 6.07) is 16.6. The Morgan fingerprint density at radius 1 is 1.00 bits per heavy atom. The van der Waals surface area contributed by atoms with Crippen LogP contribution in [0.4, 0.5) is 5.69 Å². The maximum atomic E-state index is 12.8. The second kappa shape index (κ2) is 9.76. The van der Waals surface area contributed by atoms with Crippen LogP contribution in [0.5, 0.6) is 5.75 Å². The molecule has 0 spiro atoms. The largest absolute Gasteiger partial charge is 0.495 e. The number of rotatable bonds is 8. The van der Waals surface area contributed by atoms with E-state index < -0.39 is 23.9 Å². The van der Waals surface area contributed by atoms with Crippen LogP contribution in [0.1, 0.15) is 38.7 Å². The molecule has 2 aromatic rings. The number of nitrogens with one attached hydrogen (secondary N) is 1. The van der Waals surface area contributed by atoms with E-state index in [9.17, 15) is 9.59 Å². The Labute approximate surface area is 160 Å². The van der Waals surface area contributed by atoms with Crippen molar-refractivity contribution in [2.75, 3.05) is 12.4 Å². The molecule has 0 unspecified atom stereocenters. The third kappa shape index (κ3) is 5.33. The van der Waals surface area contributed by atoms with Gasteiger partial charge in [-0.25, -0.2) is 0 Å². The van der Waals surface area contributed by atoms with E-state index in [1.165, 1.54) is 7.11 Å². The maximum absolute atomic E-state index is 12.8. The summed E-state index contributed by atoms with van der Waals surface area (Å²) < 4.78 is 10.7. The fraction of sp³-hybridized carbons (Fsp3) is 0.364. The molecule has 0 aromatic heterocycles. The highest BCUT2D eigenvalue weighted by Gasteiger charge is 2.30. The van der Waals surface area contributed by atoms with Gasteiger partial charge in [-0.05, 0) is 30.5 Å². The Morgan fingerprint density at radius 2 is 1.63 bits per heavy atom. The minimum absolute atomic E-state index is 0.101. The summed E-state index contributed by atoms with van der Waals surface area (Å²) in [5.74, 6) is -0.546. The van der Waals surface area contributed by atoms with Gasteiger partial charge in [0.1, 0.15) is 5.75 Å². The molecule has 144 valence electrons. The number of anilines is 1. The molecule has 27 heavy (non-hydrogen) atoms. The summed E-state index contributed by atoms with van der Waals surface area (Å²) in [6.07, 6.45) is -0.0890. The van der Waals surface area contributed by atoms with E-state index in [0.29, 0.717) is 11.4 Å². The fourth-order valence-electron chi connectivity index (χ4n) is 2.88. The number of para-hydroxylation sites is 2. The van der Waals surface area contributed by atoms with Crippen molar-refractivity contribution >= 4 is 17.6 Å². The van der Waals surface area contributed by atoms with Crippen LogP contribution in [0.2, 0.25) is 0 Å². The fourth-order valence-corrected chi connectivity index (χ4v) is 2.88. The zero-order chi connectivity index (χ0) is 19.8. The Hall–Kier alpha value is -2.82. The number of ether oxygens (including phenoxy) is 2. The first-order chi connectivity index (χ1) is 13.0. The van der Waals surface area contributed by atoms with E-state index in [1.807, 2.05) is 50.2 Å². The highest BCUT2D eigenvalue weighted by atomic mass is 16.5. The van der Waals surface area contributed by atoms with Gasteiger partial charge in [0.05, 0.1) is 18.7 Å². The normalized spacial score (nSPS) is 13.9. The molecule has 5 nitrogen and oxygen atoms in total. The van der Waals surface area contributed by atoms with Crippen molar-refractivity contribution in [3.8, 4) is 5.75 Å². The summed E-state index contributed by atoms with van der Waals surface area (Å²) >= 11 is 0. The topological polar surface area (TPSA) is 64.6 Å². The van der Waals surface area contributed by atoms with E-state index in [1.54, 1.807) is 25.1 Å². The molecule has 0 fully saturated rings. The third-order valence-corrected chi connectivity index (χ3v) is 4.65. The van der Waals surface area contributed by atoms with Gasteiger partial charge in [0.2, 0.25) is 0 Å². The Balaban J connectivity index is 2.09. The minimum Gasteiger partial charge on any atom is -0.495 e. The molecule has 0 aliphatic heterocycles. The molecule has 0 aliphatic carbocycles. The van der Waals surface area contributed by atoms with Gasteiger partial charge < -0.3 is 14.8 Å². The van der Waals surface area contributed by atoms with Crippen LogP contribution in [0.3, 0.4) is 0 Å². The second-order valence-electron chi connectivity index (χ2n) is 6.54. The molecule has 0 saturated heterocycles. The Bertz CT molecular complexity index is 760. The molecular weight excluding hydrogens is 342 g/mol. The summed E-state index contributed by atoms with van der Waals surface area (Å²) in [7, 11) is 1.53. The first-order valence-electron chi connectivity index (χ1n) is 9.17. The molecule has 5 heteroatoms. The summed E-state index contributed by atoms with van der Waals surface area (Å²) in [4.78, 5) is 25.3. The van der Waals surface area contributed by atoms with Crippen molar-refractivity contribution in [1.29, 1.82) is 0 Å². The van der Waals surface area contributed by atoms with Crippen LogP contribution in [0, 0.1) is 5.92 Å². The van der Waals surface area contributed by atoms with Crippen molar-refractivity contribution in [2.24, 2.45) is 5.92 Å². The van der Waals surface area contributed by atoms with E-state index in [2.05, 4.69) is 5.32 Å². The van der Waals surface area contributed by atoms with Gasteiger partial charge in [-0.3, -0.25) is 9.59 Å². The van der Waals surface area contributed by atoms with Crippen LogP contribution in [-0.4, -0.2) is 25.1 Å². The van der Waals surface area contributed by atoms with Gasteiger partial charge in [0.25, 0.3) is 5.91 Å². The molecule has 0 saturated carbocycles. The first kappa shape index (κ1) is 20.5. The molecule has 3 atom stereocenters. The average molecular weight is 369 g/mol. The Morgan fingerprint density at radius 3 is 2.26 bits per heavy atom. The summed E-state index contributed by atoms with van der Waals surface area (Å²) in [6.45, 7) is 5.62. The van der Waals surface area contributed by atoms with Crippen LogP contribution >= 0.6 is 0 Å². The van der Waals surface area contributed by atoms with Gasteiger partial charge in [-0.1, -0.05) is 62.7 Å². The number of carbonyl (C=O) groups is 2. The van der Waals surface area contributed by atoms with Crippen molar-refractivity contribution in [3.05, 3.63) is 60.2 Å². The smallest absolute Gasteiger partial charge is 0.314 e. The lowest BCUT2D eigenvalue weighted by molar-refractivity contribution is -0.155. The number of benzene rings is 2. The molecule has 0 aliphatic rings. The number of amides is 1. The van der Waals surface area contributed by atoms with Crippen molar-refractivity contribution in [3.63, 3.8) is 0 Å². The zero-order valence-corrected chi connectivity index (χ0v) is 16.3. The molecule has 2 aromatic carbocycles. The second-order valence-corrected chi connectivity index (χ2v) is 6.54. The standard InChI is InChI=1S/C22H27NO4/c1-5-15(2)20(17-11-7-6-8-12-17)22(25)27-16(3)21(24)23-18-13-9-10-14-19(18)26-4/h6-16,20H,5H2,1-4H3,(H,23,24)/t15-,16-,20-/m0/s1. The van der Waals surface area contributed by atoms with E-state index in [4.69, 9.17) is 9.47 Å². The predicted molar refractivity (Wildman–Crippen MR) is 106 cm³/mol. The van der Waals surface area contributed by atoms with Crippen LogP contribution < -0.4 is 10.1 Å². The van der Waals surface area contributed by atoms with E-state index in [-0.39, 0.29) is 5.92 Å². The lowest BCUT2D eigenvalue weighted by Gasteiger charge is -2.24. The number of methoxy groups -OCH3 is 1. The van der Waals surface area contributed by atoms with E-state index in [0.717, 1.165) is 12.0 Å². The summed E-state index contributed by atoms with van der Waals surface area (Å²) in [5, 5.41) is 2.75. The number of hydrogen-bond acceptors (Lipinski definition) is 4. The zero-order valence-electron chi connectivity index (χ0n) is 16.3. The molecular formula is C22H27NO4. The lowest BCUT2D eigenvalue weighted by atomic mass is 9.85. The molecule has 0 bridgehead atoms. The summed E-state index contributed by atoms with van der Waals surface area (Å²) in [5.41, 5.74) is 1.43. The van der Waals surface area contributed by atoms with Gasteiger partial charge in [-0.15, -0.1) is 0 Å². The highest BCUT2D eigenvalue weighted by Crippen LogP contribution is 2.29. The van der Waals surface area contributed by atoms with E-state index >= 15 is 0 Å². The number of esters is 1. The number of carbonyl (C=O) groups excluding carboxylic acids is 2. The SMILES string of the molecule is CC[C@H](C)[C@H](C(=O)O[C@@H](C)C(=O)Nc1ccccc1OC)c1ccccc1. The molecule has 0 radical (unpaired) electrons.